The third-order valence-electron chi connectivity index (χ3n) is 2.98. The van der Waals surface area contributed by atoms with E-state index in [1.807, 2.05) is 13.0 Å². The number of hydrogen-bond donors (Lipinski definition) is 1. The van der Waals surface area contributed by atoms with Gasteiger partial charge in [0.25, 0.3) is 0 Å². The first kappa shape index (κ1) is 17.2. The molecule has 1 aromatic heterocycles. The number of ether oxygens (including phenoxy) is 1. The van der Waals surface area contributed by atoms with Crippen LogP contribution in [-0.4, -0.2) is 18.3 Å². The summed E-state index contributed by atoms with van der Waals surface area (Å²) in [5, 5.41) is 14.5. The first-order valence-corrected chi connectivity index (χ1v) is 7.44. The minimum atomic E-state index is 0.327. The molecule has 1 aromatic carbocycles. The molecule has 0 aliphatic heterocycles. The third-order valence-corrected chi connectivity index (χ3v) is 3.54. The molecule has 0 saturated heterocycles. The van der Waals surface area contributed by atoms with Crippen molar-refractivity contribution in [3.05, 3.63) is 56.7 Å². The number of halogens is 2. The number of anilines is 1. The van der Waals surface area contributed by atoms with E-state index in [2.05, 4.69) is 21.6 Å². The van der Waals surface area contributed by atoms with Gasteiger partial charge < -0.3 is 4.74 Å². The molecular formula is C16H14Cl2N4O. The Hall–Kier alpha value is -2.13. The third kappa shape index (κ3) is 4.42. The van der Waals surface area contributed by atoms with Crippen molar-refractivity contribution >= 4 is 35.2 Å². The Morgan fingerprint density at radius 3 is 2.83 bits per heavy atom. The first-order valence-electron chi connectivity index (χ1n) is 6.69. The Morgan fingerprint density at radius 1 is 1.39 bits per heavy atom. The Kier molecular flexibility index (Phi) is 5.94. The fraction of sp³-hybridized carbons (Fsp3) is 0.188. The van der Waals surface area contributed by atoms with Gasteiger partial charge in [-0.25, -0.2) is 4.98 Å². The molecule has 0 radical (unpaired) electrons. The molecule has 0 aliphatic carbocycles. The molecule has 2 rings (SSSR count). The van der Waals surface area contributed by atoms with Gasteiger partial charge in [0.2, 0.25) is 0 Å². The summed E-state index contributed by atoms with van der Waals surface area (Å²) in [7, 11) is 1.57. The van der Waals surface area contributed by atoms with Crippen LogP contribution in [-0.2, 0) is 11.3 Å². The zero-order chi connectivity index (χ0) is 16.8. The first-order chi connectivity index (χ1) is 11.0. The van der Waals surface area contributed by atoms with Gasteiger partial charge in [0.15, 0.2) is 5.82 Å². The second-order valence-corrected chi connectivity index (χ2v) is 5.57. The molecule has 0 saturated carbocycles. The van der Waals surface area contributed by atoms with Crippen molar-refractivity contribution in [3.63, 3.8) is 0 Å². The van der Waals surface area contributed by atoms with Gasteiger partial charge in [-0.15, -0.1) is 0 Å². The van der Waals surface area contributed by atoms with Crippen LogP contribution in [0.4, 0.5) is 5.82 Å². The van der Waals surface area contributed by atoms with Crippen molar-refractivity contribution < 1.29 is 4.74 Å². The van der Waals surface area contributed by atoms with E-state index in [9.17, 15) is 5.26 Å². The minimum absolute atomic E-state index is 0.327. The molecule has 0 atom stereocenters. The maximum absolute atomic E-state index is 9.33. The van der Waals surface area contributed by atoms with Crippen LogP contribution in [0.1, 0.15) is 22.4 Å². The van der Waals surface area contributed by atoms with E-state index >= 15 is 0 Å². The maximum atomic E-state index is 9.33. The van der Waals surface area contributed by atoms with Crippen LogP contribution in [0, 0.1) is 18.3 Å². The van der Waals surface area contributed by atoms with Crippen LogP contribution in [0.5, 0.6) is 0 Å². The summed E-state index contributed by atoms with van der Waals surface area (Å²) < 4.78 is 5.11. The standard InChI is InChI=1S/C16H14Cl2N4O/c1-10-5-12(9-23-2)14(7-19)16(21-10)22-20-8-11-3-4-13(17)6-15(11)18/h3-6,8H,9H2,1-2H3,(H,21,22)/b20-8+. The molecule has 0 fully saturated rings. The lowest BCUT2D eigenvalue weighted by molar-refractivity contribution is 0.184. The predicted octanol–water partition coefficient (Wildman–Crippen LogP) is 4.16. The number of hydrogen-bond acceptors (Lipinski definition) is 5. The molecule has 0 bridgehead atoms. The number of aromatic nitrogens is 1. The van der Waals surface area contributed by atoms with Gasteiger partial charge >= 0.3 is 0 Å². The fourth-order valence-electron chi connectivity index (χ4n) is 1.99. The van der Waals surface area contributed by atoms with E-state index in [-0.39, 0.29) is 0 Å². The Balaban J connectivity index is 2.26. The Bertz CT molecular complexity index is 784. The molecule has 0 amide bonds. The molecule has 23 heavy (non-hydrogen) atoms. The second kappa shape index (κ2) is 7.93. The van der Waals surface area contributed by atoms with Crippen molar-refractivity contribution in [1.29, 1.82) is 5.26 Å². The van der Waals surface area contributed by atoms with E-state index in [0.29, 0.717) is 33.6 Å². The second-order valence-electron chi connectivity index (χ2n) is 4.73. The molecule has 118 valence electrons. The highest BCUT2D eigenvalue weighted by atomic mass is 35.5. The highest BCUT2D eigenvalue weighted by molar-refractivity contribution is 6.36. The van der Waals surface area contributed by atoms with Crippen molar-refractivity contribution in [3.8, 4) is 6.07 Å². The van der Waals surface area contributed by atoms with Crippen molar-refractivity contribution in [2.45, 2.75) is 13.5 Å². The lowest BCUT2D eigenvalue weighted by atomic mass is 10.1. The summed E-state index contributed by atoms with van der Waals surface area (Å²) in [4.78, 5) is 4.30. The van der Waals surface area contributed by atoms with E-state index in [4.69, 9.17) is 27.9 Å². The zero-order valence-electron chi connectivity index (χ0n) is 12.6. The number of nitrogens with one attached hydrogen (secondary N) is 1. The summed E-state index contributed by atoms with van der Waals surface area (Å²) >= 11 is 11.9. The van der Waals surface area contributed by atoms with E-state index in [1.165, 1.54) is 0 Å². The van der Waals surface area contributed by atoms with Gasteiger partial charge in [-0.1, -0.05) is 29.3 Å². The summed E-state index contributed by atoms with van der Waals surface area (Å²) in [5.74, 6) is 0.376. The number of methoxy groups -OCH3 is 1. The quantitative estimate of drug-likeness (QED) is 0.650. The summed E-state index contributed by atoms with van der Waals surface area (Å²) in [5.41, 5.74) is 5.40. The largest absolute Gasteiger partial charge is 0.380 e. The Morgan fingerprint density at radius 2 is 2.17 bits per heavy atom. The number of rotatable bonds is 5. The maximum Gasteiger partial charge on any atom is 0.164 e. The van der Waals surface area contributed by atoms with Crippen LogP contribution in [0.2, 0.25) is 10.0 Å². The van der Waals surface area contributed by atoms with Crippen molar-refractivity contribution in [2.75, 3.05) is 12.5 Å². The predicted molar refractivity (Wildman–Crippen MR) is 92.1 cm³/mol. The van der Waals surface area contributed by atoms with E-state index < -0.39 is 0 Å². The van der Waals surface area contributed by atoms with Crippen LogP contribution in [0.3, 0.4) is 0 Å². The molecule has 0 spiro atoms. The summed E-state index contributed by atoms with van der Waals surface area (Å²) in [6.07, 6.45) is 1.54. The number of benzene rings is 1. The highest BCUT2D eigenvalue weighted by Gasteiger charge is 2.10. The molecule has 0 unspecified atom stereocenters. The molecule has 5 nitrogen and oxygen atoms in total. The van der Waals surface area contributed by atoms with E-state index in [0.717, 1.165) is 11.3 Å². The highest BCUT2D eigenvalue weighted by Crippen LogP contribution is 2.21. The normalized spacial score (nSPS) is 10.7. The lowest BCUT2D eigenvalue weighted by Crippen LogP contribution is -2.03. The average molecular weight is 349 g/mol. The number of nitriles is 1. The fourth-order valence-corrected chi connectivity index (χ4v) is 2.44. The van der Waals surface area contributed by atoms with Crippen LogP contribution in [0.15, 0.2) is 29.4 Å². The van der Waals surface area contributed by atoms with Gasteiger partial charge in [0.05, 0.1) is 17.8 Å². The topological polar surface area (TPSA) is 70.3 Å². The van der Waals surface area contributed by atoms with Gasteiger partial charge in [0, 0.05) is 29.0 Å². The van der Waals surface area contributed by atoms with E-state index in [1.54, 1.807) is 31.5 Å². The van der Waals surface area contributed by atoms with Gasteiger partial charge in [-0.2, -0.15) is 10.4 Å². The number of aryl methyl sites for hydroxylation is 1. The van der Waals surface area contributed by atoms with Gasteiger partial charge in [-0.05, 0) is 25.1 Å². The van der Waals surface area contributed by atoms with Crippen LogP contribution < -0.4 is 5.43 Å². The molecular weight excluding hydrogens is 335 g/mol. The number of nitrogens with zero attached hydrogens (tertiary/aromatic N) is 3. The van der Waals surface area contributed by atoms with Gasteiger partial charge in [0.1, 0.15) is 11.6 Å². The van der Waals surface area contributed by atoms with Gasteiger partial charge in [-0.3, -0.25) is 5.43 Å². The Labute approximate surface area is 144 Å². The number of pyridine rings is 1. The average Bonchev–Trinajstić information content (AvgIpc) is 2.49. The molecule has 0 aliphatic rings. The summed E-state index contributed by atoms with van der Waals surface area (Å²) in [6.45, 7) is 2.17. The summed E-state index contributed by atoms with van der Waals surface area (Å²) in [6, 6.07) is 9.04. The lowest BCUT2D eigenvalue weighted by Gasteiger charge is -2.09. The molecule has 1 N–H and O–H groups in total. The molecule has 1 heterocycles. The molecule has 7 heteroatoms. The minimum Gasteiger partial charge on any atom is -0.380 e. The SMILES string of the molecule is COCc1cc(C)nc(N/N=C/c2ccc(Cl)cc2Cl)c1C#N. The molecule has 2 aromatic rings. The van der Waals surface area contributed by atoms with Crippen LogP contribution in [0.25, 0.3) is 0 Å². The monoisotopic (exact) mass is 348 g/mol. The number of hydrazone groups is 1. The van der Waals surface area contributed by atoms with Crippen molar-refractivity contribution in [1.82, 2.24) is 4.98 Å². The zero-order valence-corrected chi connectivity index (χ0v) is 14.1. The smallest absolute Gasteiger partial charge is 0.164 e. The van der Waals surface area contributed by atoms with Crippen LogP contribution >= 0.6 is 23.2 Å². The van der Waals surface area contributed by atoms with Crippen molar-refractivity contribution in [2.24, 2.45) is 5.10 Å².